The van der Waals surface area contributed by atoms with Crippen LogP contribution in [-0.2, 0) is 10.0 Å². The highest BCUT2D eigenvalue weighted by molar-refractivity contribution is 7.89. The average molecular weight is 298 g/mol. The van der Waals surface area contributed by atoms with Gasteiger partial charge in [0.15, 0.2) is 0 Å². The van der Waals surface area contributed by atoms with E-state index >= 15 is 0 Å². The maximum Gasteiger partial charge on any atom is 0.217 e. The molecule has 1 heterocycles. The van der Waals surface area contributed by atoms with Crippen LogP contribution in [0.15, 0.2) is 0 Å². The number of alkyl halides is 1. The molecule has 7 heteroatoms. The number of sulfonamides is 1. The summed E-state index contributed by atoms with van der Waals surface area (Å²) in [4.78, 5) is 4.44. The van der Waals surface area contributed by atoms with E-state index < -0.39 is 15.3 Å². The van der Waals surface area contributed by atoms with Crippen LogP contribution in [0, 0.1) is 0 Å². The van der Waals surface area contributed by atoms with Gasteiger partial charge in [-0.15, -0.1) is 11.6 Å². The van der Waals surface area contributed by atoms with Gasteiger partial charge in [0.25, 0.3) is 0 Å². The Morgan fingerprint density at radius 1 is 1.22 bits per heavy atom. The van der Waals surface area contributed by atoms with Crippen LogP contribution in [0.25, 0.3) is 0 Å². The van der Waals surface area contributed by atoms with E-state index in [0.717, 1.165) is 26.2 Å². The molecule has 0 amide bonds. The Balaban J connectivity index is 2.44. The van der Waals surface area contributed by atoms with E-state index in [1.807, 2.05) is 14.1 Å². The summed E-state index contributed by atoms with van der Waals surface area (Å²) in [6, 6.07) is 0. The van der Waals surface area contributed by atoms with Crippen LogP contribution >= 0.6 is 11.6 Å². The Labute approximate surface area is 116 Å². The lowest BCUT2D eigenvalue weighted by Crippen LogP contribution is -2.51. The lowest BCUT2D eigenvalue weighted by Gasteiger charge is -2.35. The normalized spacial score (nSPS) is 21.4. The summed E-state index contributed by atoms with van der Waals surface area (Å²) in [7, 11) is 0.887. The number of rotatable bonds is 6. The summed E-state index contributed by atoms with van der Waals surface area (Å²) in [6.45, 7) is 6.44. The second-order valence-corrected chi connectivity index (χ2v) is 7.71. The molecule has 1 saturated heterocycles. The Bertz CT molecular complexity index is 340. The Hall–Kier alpha value is 0.120. The van der Waals surface area contributed by atoms with Gasteiger partial charge in [-0.1, -0.05) is 0 Å². The van der Waals surface area contributed by atoms with Gasteiger partial charge in [0.05, 0.1) is 5.25 Å². The number of nitrogens with zero attached hydrogens (tertiary/aromatic N) is 3. The van der Waals surface area contributed by atoms with Gasteiger partial charge in [-0.3, -0.25) is 4.90 Å². The van der Waals surface area contributed by atoms with Gasteiger partial charge in [-0.2, -0.15) is 4.31 Å². The molecular weight excluding hydrogens is 274 g/mol. The van der Waals surface area contributed by atoms with Gasteiger partial charge < -0.3 is 4.90 Å². The number of piperazine rings is 1. The topological polar surface area (TPSA) is 43.9 Å². The van der Waals surface area contributed by atoms with Crippen LogP contribution in [0.5, 0.6) is 0 Å². The minimum atomic E-state index is -3.20. The van der Waals surface area contributed by atoms with E-state index in [1.165, 1.54) is 0 Å². The Morgan fingerprint density at radius 2 is 1.78 bits per heavy atom. The fourth-order valence-corrected chi connectivity index (χ4v) is 3.70. The zero-order valence-electron chi connectivity index (χ0n) is 11.5. The van der Waals surface area contributed by atoms with Gasteiger partial charge >= 0.3 is 0 Å². The summed E-state index contributed by atoms with van der Waals surface area (Å²) >= 11 is 5.65. The zero-order chi connectivity index (χ0) is 13.8. The lowest BCUT2D eigenvalue weighted by atomic mass is 10.3. The molecule has 5 nitrogen and oxygen atoms in total. The summed E-state index contributed by atoms with van der Waals surface area (Å²) in [5, 5.41) is -0.493. The molecule has 0 spiro atoms. The van der Waals surface area contributed by atoms with Gasteiger partial charge in [-0.05, 0) is 21.0 Å². The van der Waals surface area contributed by atoms with Crippen LogP contribution in [-0.4, -0.2) is 87.0 Å². The molecule has 1 atom stereocenters. The van der Waals surface area contributed by atoms with Crippen LogP contribution in [0.2, 0.25) is 0 Å². The molecule has 0 N–H and O–H groups in total. The molecule has 0 saturated carbocycles. The maximum atomic E-state index is 12.1. The molecule has 0 aliphatic carbocycles. The van der Waals surface area contributed by atoms with Crippen LogP contribution in [0.1, 0.15) is 6.92 Å². The lowest BCUT2D eigenvalue weighted by molar-refractivity contribution is 0.174. The van der Waals surface area contributed by atoms with Crippen molar-refractivity contribution < 1.29 is 8.42 Å². The average Bonchev–Trinajstić information content (AvgIpc) is 2.35. The molecule has 1 aliphatic rings. The predicted molar refractivity (Wildman–Crippen MR) is 75.7 cm³/mol. The van der Waals surface area contributed by atoms with E-state index in [-0.39, 0.29) is 5.88 Å². The summed E-state index contributed by atoms with van der Waals surface area (Å²) < 4.78 is 25.8. The number of hydrogen-bond donors (Lipinski definition) is 0. The predicted octanol–water partition coefficient (Wildman–Crippen LogP) is 0.123. The van der Waals surface area contributed by atoms with E-state index in [9.17, 15) is 8.42 Å². The van der Waals surface area contributed by atoms with E-state index in [2.05, 4.69) is 9.80 Å². The van der Waals surface area contributed by atoms with Crippen LogP contribution in [0.4, 0.5) is 0 Å². The summed E-state index contributed by atoms with van der Waals surface area (Å²) in [5.41, 5.74) is 0. The standard InChI is InChI=1S/C11H24ClN3O2S/c1-11(10-12)18(16,17)15-8-6-14(7-9-15)5-4-13(2)3/h11H,4-10H2,1-3H3. The zero-order valence-corrected chi connectivity index (χ0v) is 13.0. The first-order valence-corrected chi connectivity index (χ1v) is 8.33. The maximum absolute atomic E-state index is 12.1. The first-order chi connectivity index (χ1) is 8.37. The molecule has 0 aromatic rings. The minimum Gasteiger partial charge on any atom is -0.308 e. The highest BCUT2D eigenvalue weighted by atomic mass is 35.5. The van der Waals surface area contributed by atoms with Gasteiger partial charge in [0, 0.05) is 45.1 Å². The van der Waals surface area contributed by atoms with Crippen LogP contribution < -0.4 is 0 Å². The first-order valence-electron chi connectivity index (χ1n) is 6.30. The fourth-order valence-electron chi connectivity index (χ4n) is 1.88. The van der Waals surface area contributed by atoms with E-state index in [4.69, 9.17) is 11.6 Å². The third kappa shape index (κ3) is 4.35. The third-order valence-electron chi connectivity index (χ3n) is 3.28. The minimum absolute atomic E-state index is 0.156. The monoisotopic (exact) mass is 297 g/mol. The van der Waals surface area contributed by atoms with Gasteiger partial charge in [0.2, 0.25) is 10.0 Å². The van der Waals surface area contributed by atoms with Crippen molar-refractivity contribution in [3.05, 3.63) is 0 Å². The van der Waals surface area contributed by atoms with Crippen molar-refractivity contribution in [3.8, 4) is 0 Å². The molecule has 18 heavy (non-hydrogen) atoms. The molecule has 0 radical (unpaired) electrons. The number of hydrogen-bond acceptors (Lipinski definition) is 4. The first kappa shape index (κ1) is 16.2. The third-order valence-corrected chi connectivity index (χ3v) is 6.19. The molecule has 0 aromatic heterocycles. The van der Waals surface area contributed by atoms with Gasteiger partial charge in [-0.25, -0.2) is 8.42 Å². The Kier molecular flexibility index (Phi) is 6.34. The van der Waals surface area contributed by atoms with Crippen molar-refractivity contribution in [1.82, 2.24) is 14.1 Å². The van der Waals surface area contributed by atoms with Gasteiger partial charge in [0.1, 0.15) is 0 Å². The molecular formula is C11H24ClN3O2S. The molecule has 108 valence electrons. The molecule has 1 rings (SSSR count). The van der Waals surface area contributed by atoms with Crippen molar-refractivity contribution in [2.75, 3.05) is 59.2 Å². The summed E-state index contributed by atoms with van der Waals surface area (Å²) in [6.07, 6.45) is 0. The van der Waals surface area contributed by atoms with Crippen molar-refractivity contribution >= 4 is 21.6 Å². The fraction of sp³-hybridized carbons (Fsp3) is 1.00. The van der Waals surface area contributed by atoms with E-state index in [0.29, 0.717) is 13.1 Å². The number of halogens is 1. The van der Waals surface area contributed by atoms with Crippen molar-refractivity contribution in [1.29, 1.82) is 0 Å². The summed E-state index contributed by atoms with van der Waals surface area (Å²) in [5.74, 6) is 0.156. The smallest absolute Gasteiger partial charge is 0.217 e. The Morgan fingerprint density at radius 3 is 2.22 bits per heavy atom. The van der Waals surface area contributed by atoms with Crippen molar-refractivity contribution in [2.24, 2.45) is 0 Å². The quantitative estimate of drug-likeness (QED) is 0.654. The van der Waals surface area contributed by atoms with Crippen molar-refractivity contribution in [2.45, 2.75) is 12.2 Å². The highest BCUT2D eigenvalue weighted by Gasteiger charge is 2.30. The molecule has 1 fully saturated rings. The number of likely N-dealkylation sites (N-methyl/N-ethyl adjacent to an activating group) is 1. The SMILES string of the molecule is CC(CCl)S(=O)(=O)N1CCN(CCN(C)C)CC1. The molecule has 0 aromatic carbocycles. The highest BCUT2D eigenvalue weighted by Crippen LogP contribution is 2.13. The molecule has 1 unspecified atom stereocenters. The largest absolute Gasteiger partial charge is 0.308 e. The van der Waals surface area contributed by atoms with E-state index in [1.54, 1.807) is 11.2 Å². The molecule has 0 bridgehead atoms. The second kappa shape index (κ2) is 7.05. The van der Waals surface area contributed by atoms with Crippen molar-refractivity contribution in [3.63, 3.8) is 0 Å². The molecule has 1 aliphatic heterocycles. The second-order valence-electron chi connectivity index (χ2n) is 5.05. The van der Waals surface area contributed by atoms with Crippen LogP contribution in [0.3, 0.4) is 0 Å².